The molecule has 0 saturated heterocycles. The molecule has 18 heavy (non-hydrogen) atoms. The van der Waals surface area contributed by atoms with Gasteiger partial charge in [0.2, 0.25) is 0 Å². The Labute approximate surface area is 113 Å². The Morgan fingerprint density at radius 1 is 1.00 bits per heavy atom. The highest BCUT2D eigenvalue weighted by molar-refractivity contribution is 5.40. The normalized spacial score (nSPS) is 12.6. The molecule has 0 fully saturated rings. The van der Waals surface area contributed by atoms with Crippen molar-refractivity contribution in [3.05, 3.63) is 29.3 Å². The number of rotatable bonds is 3. The van der Waals surface area contributed by atoms with Gasteiger partial charge in [-0.1, -0.05) is 53.7 Å². The van der Waals surface area contributed by atoms with E-state index in [1.807, 2.05) is 0 Å². The van der Waals surface area contributed by atoms with E-state index in [4.69, 9.17) is 4.74 Å². The van der Waals surface area contributed by atoms with Crippen LogP contribution in [0.1, 0.15) is 59.1 Å². The van der Waals surface area contributed by atoms with Crippen LogP contribution in [0.25, 0.3) is 0 Å². The van der Waals surface area contributed by atoms with E-state index in [-0.39, 0.29) is 5.41 Å². The first-order chi connectivity index (χ1) is 8.13. The van der Waals surface area contributed by atoms with Crippen molar-refractivity contribution in [3.63, 3.8) is 0 Å². The van der Waals surface area contributed by atoms with Crippen LogP contribution >= 0.6 is 0 Å². The average Bonchev–Trinajstić information content (AvgIpc) is 2.23. The smallest absolute Gasteiger partial charge is 0.122 e. The van der Waals surface area contributed by atoms with Crippen LogP contribution in [0, 0.1) is 5.41 Å². The first-order valence-corrected chi connectivity index (χ1v) is 6.81. The highest BCUT2D eigenvalue weighted by atomic mass is 16.5. The van der Waals surface area contributed by atoms with Crippen molar-refractivity contribution >= 4 is 0 Å². The molecule has 102 valence electrons. The van der Waals surface area contributed by atoms with Gasteiger partial charge in [-0.25, -0.2) is 0 Å². The Bertz CT molecular complexity index is 391. The van der Waals surface area contributed by atoms with Gasteiger partial charge in [0.25, 0.3) is 0 Å². The highest BCUT2D eigenvalue weighted by Gasteiger charge is 2.17. The van der Waals surface area contributed by atoms with Crippen molar-refractivity contribution in [1.82, 2.24) is 0 Å². The Hall–Kier alpha value is -0.980. The number of aryl methyl sites for hydroxylation is 1. The van der Waals surface area contributed by atoms with Gasteiger partial charge < -0.3 is 4.74 Å². The Morgan fingerprint density at radius 2 is 1.61 bits per heavy atom. The second-order valence-corrected chi connectivity index (χ2v) is 7.34. The zero-order valence-corrected chi connectivity index (χ0v) is 13.1. The minimum Gasteiger partial charge on any atom is -0.496 e. The molecule has 1 rings (SSSR count). The van der Waals surface area contributed by atoms with Crippen LogP contribution in [0.15, 0.2) is 18.2 Å². The van der Waals surface area contributed by atoms with E-state index in [0.29, 0.717) is 5.41 Å². The predicted molar refractivity (Wildman–Crippen MR) is 79.5 cm³/mol. The third kappa shape index (κ3) is 4.36. The third-order valence-electron chi connectivity index (χ3n) is 3.30. The van der Waals surface area contributed by atoms with Crippen LogP contribution in [0.5, 0.6) is 5.75 Å². The molecule has 1 aromatic rings. The molecule has 0 atom stereocenters. The highest BCUT2D eigenvalue weighted by Crippen LogP contribution is 2.31. The van der Waals surface area contributed by atoms with Crippen LogP contribution < -0.4 is 4.74 Å². The molecule has 0 amide bonds. The Morgan fingerprint density at radius 3 is 2.06 bits per heavy atom. The lowest BCUT2D eigenvalue weighted by atomic mass is 9.84. The van der Waals surface area contributed by atoms with E-state index in [0.717, 1.165) is 12.2 Å². The average molecular weight is 248 g/mol. The van der Waals surface area contributed by atoms with Crippen LogP contribution in [-0.2, 0) is 11.8 Å². The van der Waals surface area contributed by atoms with Crippen molar-refractivity contribution in [2.24, 2.45) is 5.41 Å². The fourth-order valence-electron chi connectivity index (χ4n) is 1.93. The van der Waals surface area contributed by atoms with Crippen LogP contribution in [0.4, 0.5) is 0 Å². The maximum absolute atomic E-state index is 5.55. The van der Waals surface area contributed by atoms with Gasteiger partial charge in [0, 0.05) is 0 Å². The molecule has 1 aromatic carbocycles. The summed E-state index contributed by atoms with van der Waals surface area (Å²) in [6.45, 7) is 13.5. The summed E-state index contributed by atoms with van der Waals surface area (Å²) >= 11 is 0. The maximum Gasteiger partial charge on any atom is 0.122 e. The minimum atomic E-state index is 0.176. The van der Waals surface area contributed by atoms with Crippen molar-refractivity contribution in [2.75, 3.05) is 7.11 Å². The molecule has 0 aliphatic rings. The molecule has 0 radical (unpaired) electrons. The zero-order chi connectivity index (χ0) is 14.0. The maximum atomic E-state index is 5.55. The van der Waals surface area contributed by atoms with Gasteiger partial charge in [0.1, 0.15) is 5.75 Å². The van der Waals surface area contributed by atoms with Crippen molar-refractivity contribution in [3.8, 4) is 5.75 Å². The van der Waals surface area contributed by atoms with Gasteiger partial charge in [-0.15, -0.1) is 0 Å². The first kappa shape index (κ1) is 15.1. The molecule has 1 heteroatoms. The molecule has 0 bridgehead atoms. The minimum absolute atomic E-state index is 0.176. The van der Waals surface area contributed by atoms with E-state index in [1.54, 1.807) is 7.11 Å². The van der Waals surface area contributed by atoms with Crippen LogP contribution in [0.3, 0.4) is 0 Å². The van der Waals surface area contributed by atoms with Crippen LogP contribution in [0.2, 0.25) is 0 Å². The zero-order valence-electron chi connectivity index (χ0n) is 13.1. The third-order valence-corrected chi connectivity index (χ3v) is 3.30. The van der Waals surface area contributed by atoms with E-state index < -0.39 is 0 Å². The topological polar surface area (TPSA) is 9.23 Å². The molecule has 0 aromatic heterocycles. The summed E-state index contributed by atoms with van der Waals surface area (Å²) in [4.78, 5) is 0. The summed E-state index contributed by atoms with van der Waals surface area (Å²) in [6, 6.07) is 6.66. The largest absolute Gasteiger partial charge is 0.496 e. The van der Waals surface area contributed by atoms with Crippen molar-refractivity contribution in [2.45, 2.75) is 59.8 Å². The van der Waals surface area contributed by atoms with E-state index >= 15 is 0 Å². The van der Waals surface area contributed by atoms with Crippen molar-refractivity contribution < 1.29 is 4.74 Å². The van der Waals surface area contributed by atoms with Gasteiger partial charge >= 0.3 is 0 Å². The van der Waals surface area contributed by atoms with Gasteiger partial charge in [-0.3, -0.25) is 0 Å². The fraction of sp³-hybridized carbons (Fsp3) is 0.647. The molecule has 1 nitrogen and oxygen atoms in total. The molecule has 0 aliphatic heterocycles. The predicted octanol–water partition coefficient (Wildman–Crippen LogP) is 4.97. The molecular formula is C17H28O. The van der Waals surface area contributed by atoms with E-state index in [9.17, 15) is 0 Å². The quantitative estimate of drug-likeness (QED) is 0.733. The summed E-state index contributed by atoms with van der Waals surface area (Å²) in [5, 5.41) is 0. The fourth-order valence-corrected chi connectivity index (χ4v) is 1.93. The summed E-state index contributed by atoms with van der Waals surface area (Å²) < 4.78 is 5.55. The lowest BCUT2D eigenvalue weighted by Gasteiger charge is -2.22. The molecule has 0 aliphatic carbocycles. The van der Waals surface area contributed by atoms with Crippen molar-refractivity contribution in [1.29, 1.82) is 0 Å². The lowest BCUT2D eigenvalue weighted by molar-refractivity contribution is 0.368. The Balaban J connectivity index is 2.94. The monoisotopic (exact) mass is 248 g/mol. The first-order valence-electron chi connectivity index (χ1n) is 6.81. The molecule has 0 unspecified atom stereocenters. The van der Waals surface area contributed by atoms with Crippen LogP contribution in [-0.4, -0.2) is 7.11 Å². The number of methoxy groups -OCH3 is 1. The second-order valence-electron chi connectivity index (χ2n) is 7.34. The molecule has 0 spiro atoms. The van der Waals surface area contributed by atoms with Gasteiger partial charge in [0.05, 0.1) is 7.11 Å². The number of benzene rings is 1. The summed E-state index contributed by atoms with van der Waals surface area (Å²) in [7, 11) is 1.77. The molecule has 0 saturated carbocycles. The van der Waals surface area contributed by atoms with Gasteiger partial charge in [0.15, 0.2) is 0 Å². The molecular weight excluding hydrogens is 220 g/mol. The van der Waals surface area contributed by atoms with E-state index in [2.05, 4.69) is 59.7 Å². The second kappa shape index (κ2) is 5.34. The Kier molecular flexibility index (Phi) is 4.47. The number of ether oxygens (including phenoxy) is 1. The van der Waals surface area contributed by atoms with E-state index in [1.165, 1.54) is 17.5 Å². The standard InChI is InChI=1S/C17H28O/c1-16(2,3)11-10-13-8-9-14(17(4,5)6)12-15(13)18-7/h8-9,12H,10-11H2,1-7H3. The molecule has 0 N–H and O–H groups in total. The van der Waals surface area contributed by atoms with Gasteiger partial charge in [-0.05, 0) is 40.9 Å². The number of hydrogen-bond acceptors (Lipinski definition) is 1. The lowest BCUT2D eigenvalue weighted by Crippen LogP contribution is -2.12. The van der Waals surface area contributed by atoms with Gasteiger partial charge in [-0.2, -0.15) is 0 Å². The summed E-state index contributed by atoms with van der Waals surface area (Å²) in [5.41, 5.74) is 3.20. The summed E-state index contributed by atoms with van der Waals surface area (Å²) in [6.07, 6.45) is 2.26. The number of hydrogen-bond donors (Lipinski definition) is 0. The SMILES string of the molecule is COc1cc(C(C)(C)C)ccc1CCC(C)(C)C. The molecule has 0 heterocycles. The summed E-state index contributed by atoms with van der Waals surface area (Å²) in [5.74, 6) is 1.03.